The standard InChI is InChI=1S/C18H19N3O4/c1-24-16(22)11-4-12-2-9-15(10-3-12)25-17(23)13-5-7-14(8-6-13)21-18(19)20/h2-3,5-10H,4,11H2,1H3,(H4,19,20,21). The van der Waals surface area contributed by atoms with Gasteiger partial charge in [-0.3, -0.25) is 4.79 Å². The van der Waals surface area contributed by atoms with Crippen LogP contribution in [0.25, 0.3) is 0 Å². The molecule has 25 heavy (non-hydrogen) atoms. The van der Waals surface area contributed by atoms with Crippen LogP contribution in [-0.4, -0.2) is 25.0 Å². The van der Waals surface area contributed by atoms with Gasteiger partial charge in [-0.2, -0.15) is 0 Å². The second-order valence-electron chi connectivity index (χ2n) is 5.19. The van der Waals surface area contributed by atoms with Crippen LogP contribution in [0.3, 0.4) is 0 Å². The Morgan fingerprint density at radius 3 is 2.20 bits per heavy atom. The average Bonchev–Trinajstić information content (AvgIpc) is 2.61. The number of aryl methyl sites for hydroxylation is 1. The molecule has 0 saturated heterocycles. The lowest BCUT2D eigenvalue weighted by atomic mass is 10.1. The molecule has 0 atom stereocenters. The summed E-state index contributed by atoms with van der Waals surface area (Å²) in [7, 11) is 1.36. The first kappa shape index (κ1) is 18.0. The Balaban J connectivity index is 1.96. The first-order chi connectivity index (χ1) is 12.0. The summed E-state index contributed by atoms with van der Waals surface area (Å²) in [6.45, 7) is 0. The van der Waals surface area contributed by atoms with Crippen LogP contribution in [0.4, 0.5) is 5.69 Å². The molecule has 2 aromatic carbocycles. The van der Waals surface area contributed by atoms with Crippen LogP contribution < -0.4 is 16.2 Å². The first-order valence-corrected chi connectivity index (χ1v) is 7.55. The molecule has 0 amide bonds. The van der Waals surface area contributed by atoms with E-state index in [1.54, 1.807) is 48.5 Å². The monoisotopic (exact) mass is 341 g/mol. The molecule has 0 bridgehead atoms. The number of aliphatic imine (C=N–C) groups is 1. The lowest BCUT2D eigenvalue weighted by Crippen LogP contribution is -2.21. The zero-order chi connectivity index (χ0) is 18.2. The molecular weight excluding hydrogens is 322 g/mol. The fourth-order valence-corrected chi connectivity index (χ4v) is 2.06. The van der Waals surface area contributed by atoms with Gasteiger partial charge in [-0.15, -0.1) is 0 Å². The van der Waals surface area contributed by atoms with Crippen molar-refractivity contribution in [2.45, 2.75) is 12.8 Å². The Labute approximate surface area is 145 Å². The highest BCUT2D eigenvalue weighted by Gasteiger charge is 2.09. The highest BCUT2D eigenvalue weighted by atomic mass is 16.5. The van der Waals surface area contributed by atoms with Crippen molar-refractivity contribution in [3.05, 3.63) is 59.7 Å². The minimum absolute atomic E-state index is 0.0531. The van der Waals surface area contributed by atoms with Crippen molar-refractivity contribution >= 4 is 23.6 Å². The third kappa shape index (κ3) is 5.65. The van der Waals surface area contributed by atoms with Crippen molar-refractivity contribution in [1.82, 2.24) is 0 Å². The number of benzene rings is 2. The maximum atomic E-state index is 12.1. The molecule has 130 valence electrons. The lowest BCUT2D eigenvalue weighted by molar-refractivity contribution is -0.140. The van der Waals surface area contributed by atoms with Crippen molar-refractivity contribution in [3.8, 4) is 5.75 Å². The maximum Gasteiger partial charge on any atom is 0.343 e. The molecule has 0 unspecified atom stereocenters. The predicted octanol–water partition coefficient (Wildman–Crippen LogP) is 1.92. The number of esters is 2. The Kier molecular flexibility index (Phi) is 6.11. The van der Waals surface area contributed by atoms with Gasteiger partial charge in [-0.05, 0) is 48.4 Å². The van der Waals surface area contributed by atoms with Crippen LogP contribution >= 0.6 is 0 Å². The van der Waals surface area contributed by atoms with E-state index in [4.69, 9.17) is 16.2 Å². The Morgan fingerprint density at radius 2 is 1.64 bits per heavy atom. The SMILES string of the molecule is COC(=O)CCc1ccc(OC(=O)c2ccc(N=C(N)N)cc2)cc1. The number of ether oxygens (including phenoxy) is 2. The van der Waals surface area contributed by atoms with Gasteiger partial charge in [0.1, 0.15) is 5.75 Å². The molecule has 0 heterocycles. The van der Waals surface area contributed by atoms with Gasteiger partial charge in [0.15, 0.2) is 5.96 Å². The number of rotatable bonds is 6. The highest BCUT2D eigenvalue weighted by molar-refractivity contribution is 5.91. The molecule has 2 rings (SSSR count). The number of methoxy groups -OCH3 is 1. The van der Waals surface area contributed by atoms with E-state index in [-0.39, 0.29) is 11.9 Å². The van der Waals surface area contributed by atoms with Crippen molar-refractivity contribution in [1.29, 1.82) is 0 Å². The number of nitrogens with zero attached hydrogens (tertiary/aromatic N) is 1. The molecule has 0 aliphatic heterocycles. The van der Waals surface area contributed by atoms with E-state index in [1.807, 2.05) is 0 Å². The Bertz CT molecular complexity index is 764. The first-order valence-electron chi connectivity index (χ1n) is 7.55. The van der Waals surface area contributed by atoms with Crippen molar-refractivity contribution in [2.75, 3.05) is 7.11 Å². The van der Waals surface area contributed by atoms with Crippen LogP contribution in [0, 0.1) is 0 Å². The largest absolute Gasteiger partial charge is 0.469 e. The van der Waals surface area contributed by atoms with Crippen LogP contribution in [0.2, 0.25) is 0 Å². The van der Waals surface area contributed by atoms with E-state index < -0.39 is 5.97 Å². The minimum atomic E-state index is -0.487. The quantitative estimate of drug-likeness (QED) is 0.359. The molecule has 0 aromatic heterocycles. The molecular formula is C18H19N3O4. The Morgan fingerprint density at radius 1 is 1.00 bits per heavy atom. The summed E-state index contributed by atoms with van der Waals surface area (Å²) in [6, 6.07) is 13.3. The lowest BCUT2D eigenvalue weighted by Gasteiger charge is -2.06. The van der Waals surface area contributed by atoms with Gasteiger partial charge in [-0.1, -0.05) is 12.1 Å². The normalized spacial score (nSPS) is 9.96. The predicted molar refractivity (Wildman–Crippen MR) is 93.6 cm³/mol. The van der Waals surface area contributed by atoms with Crippen molar-refractivity contribution < 1.29 is 19.1 Å². The summed E-state index contributed by atoms with van der Waals surface area (Å²) in [6.07, 6.45) is 0.866. The van der Waals surface area contributed by atoms with Gasteiger partial charge in [0.25, 0.3) is 0 Å². The molecule has 0 radical (unpaired) electrons. The van der Waals surface area contributed by atoms with E-state index in [0.29, 0.717) is 29.8 Å². The molecule has 7 heteroatoms. The number of carbonyl (C=O) groups is 2. The Hall–Kier alpha value is -3.35. The van der Waals surface area contributed by atoms with Crippen molar-refractivity contribution in [3.63, 3.8) is 0 Å². The summed E-state index contributed by atoms with van der Waals surface area (Å²) in [4.78, 5) is 27.1. The number of carbonyl (C=O) groups excluding carboxylic acids is 2. The summed E-state index contributed by atoms with van der Waals surface area (Å²) in [5.74, 6) is -0.388. The van der Waals surface area contributed by atoms with Crippen LogP contribution in [0.1, 0.15) is 22.3 Å². The van der Waals surface area contributed by atoms with Crippen LogP contribution in [0.15, 0.2) is 53.5 Å². The average molecular weight is 341 g/mol. The van der Waals surface area contributed by atoms with E-state index in [0.717, 1.165) is 5.56 Å². The highest BCUT2D eigenvalue weighted by Crippen LogP contribution is 2.17. The van der Waals surface area contributed by atoms with E-state index in [9.17, 15) is 9.59 Å². The molecule has 0 saturated carbocycles. The second-order valence-corrected chi connectivity index (χ2v) is 5.19. The maximum absolute atomic E-state index is 12.1. The van der Waals surface area contributed by atoms with Crippen LogP contribution in [-0.2, 0) is 16.0 Å². The number of hydrogen-bond donors (Lipinski definition) is 2. The summed E-state index contributed by atoms with van der Waals surface area (Å²) in [5.41, 5.74) is 12.5. The van der Waals surface area contributed by atoms with Crippen molar-refractivity contribution in [2.24, 2.45) is 16.5 Å². The van der Waals surface area contributed by atoms with Gasteiger partial charge in [0, 0.05) is 6.42 Å². The summed E-state index contributed by atoms with van der Waals surface area (Å²) < 4.78 is 9.90. The molecule has 0 fully saturated rings. The van der Waals surface area contributed by atoms with Gasteiger partial charge >= 0.3 is 11.9 Å². The zero-order valence-corrected chi connectivity index (χ0v) is 13.8. The molecule has 4 N–H and O–H groups in total. The van der Waals surface area contributed by atoms with Gasteiger partial charge in [0.05, 0.1) is 18.4 Å². The smallest absolute Gasteiger partial charge is 0.343 e. The fraction of sp³-hybridized carbons (Fsp3) is 0.167. The van der Waals surface area contributed by atoms with E-state index in [1.165, 1.54) is 7.11 Å². The fourth-order valence-electron chi connectivity index (χ4n) is 2.06. The number of hydrogen-bond acceptors (Lipinski definition) is 5. The molecule has 0 spiro atoms. The molecule has 2 aromatic rings. The zero-order valence-electron chi connectivity index (χ0n) is 13.8. The number of nitrogens with two attached hydrogens (primary N) is 2. The van der Waals surface area contributed by atoms with Gasteiger partial charge in [-0.25, -0.2) is 9.79 Å². The van der Waals surface area contributed by atoms with Crippen LogP contribution in [0.5, 0.6) is 5.75 Å². The summed E-state index contributed by atoms with van der Waals surface area (Å²) >= 11 is 0. The topological polar surface area (TPSA) is 117 Å². The van der Waals surface area contributed by atoms with Gasteiger partial charge < -0.3 is 20.9 Å². The third-order valence-corrected chi connectivity index (χ3v) is 3.34. The van der Waals surface area contributed by atoms with E-state index >= 15 is 0 Å². The molecule has 0 aliphatic carbocycles. The van der Waals surface area contributed by atoms with E-state index in [2.05, 4.69) is 9.73 Å². The third-order valence-electron chi connectivity index (χ3n) is 3.34. The summed E-state index contributed by atoms with van der Waals surface area (Å²) in [5, 5.41) is 0. The second kappa shape index (κ2) is 8.49. The number of guanidine groups is 1. The molecule has 7 nitrogen and oxygen atoms in total. The van der Waals surface area contributed by atoms with Gasteiger partial charge in [0.2, 0.25) is 0 Å². The minimum Gasteiger partial charge on any atom is -0.469 e. The molecule has 0 aliphatic rings.